The highest BCUT2D eigenvalue weighted by Gasteiger charge is 2.31. The van der Waals surface area contributed by atoms with Gasteiger partial charge in [-0.2, -0.15) is 0 Å². The predicted octanol–water partition coefficient (Wildman–Crippen LogP) is 1.37. The normalized spacial score (nSPS) is 20.7. The molecular formula is C15H29N3O. The topological polar surface area (TPSA) is 44.4 Å². The largest absolute Gasteiger partial charge is 0.355 e. The molecule has 1 saturated carbocycles. The van der Waals surface area contributed by atoms with Crippen LogP contribution in [0.1, 0.15) is 45.4 Å². The molecule has 0 spiro atoms. The van der Waals surface area contributed by atoms with E-state index in [4.69, 9.17) is 0 Å². The summed E-state index contributed by atoms with van der Waals surface area (Å²) in [5.41, 5.74) is 0. The fraction of sp³-hybridized carbons (Fsp3) is 0.933. The second-order valence-corrected chi connectivity index (χ2v) is 6.06. The summed E-state index contributed by atoms with van der Waals surface area (Å²) >= 11 is 0. The van der Waals surface area contributed by atoms with Gasteiger partial charge in [-0.3, -0.25) is 9.69 Å². The Balaban J connectivity index is 1.71. The van der Waals surface area contributed by atoms with Crippen molar-refractivity contribution in [3.05, 3.63) is 0 Å². The maximum atomic E-state index is 11.9. The van der Waals surface area contributed by atoms with Crippen LogP contribution in [0.25, 0.3) is 0 Å². The van der Waals surface area contributed by atoms with Crippen LogP contribution in [0.5, 0.6) is 0 Å². The number of nitrogens with zero attached hydrogens (tertiary/aromatic N) is 1. The molecule has 2 rings (SSSR count). The third kappa shape index (κ3) is 5.49. The van der Waals surface area contributed by atoms with Crippen molar-refractivity contribution in [3.63, 3.8) is 0 Å². The van der Waals surface area contributed by atoms with Gasteiger partial charge < -0.3 is 10.6 Å². The number of piperidine rings is 1. The van der Waals surface area contributed by atoms with Gasteiger partial charge in [-0.05, 0) is 51.1 Å². The summed E-state index contributed by atoms with van der Waals surface area (Å²) in [5, 5.41) is 6.45. The monoisotopic (exact) mass is 267 g/mol. The maximum absolute atomic E-state index is 11.9. The van der Waals surface area contributed by atoms with E-state index in [2.05, 4.69) is 22.5 Å². The van der Waals surface area contributed by atoms with Crippen molar-refractivity contribution < 1.29 is 4.79 Å². The van der Waals surface area contributed by atoms with Crippen LogP contribution in [-0.4, -0.2) is 49.6 Å². The Morgan fingerprint density at radius 2 is 2.00 bits per heavy atom. The molecule has 0 radical (unpaired) electrons. The smallest absolute Gasteiger partial charge is 0.234 e. The van der Waals surface area contributed by atoms with Crippen molar-refractivity contribution in [2.75, 3.05) is 32.7 Å². The number of carbonyl (C=O) groups is 1. The Hall–Kier alpha value is -0.610. The molecule has 1 aliphatic carbocycles. The number of rotatable bonds is 8. The molecule has 1 aliphatic heterocycles. The van der Waals surface area contributed by atoms with Crippen molar-refractivity contribution in [1.82, 2.24) is 15.5 Å². The van der Waals surface area contributed by atoms with Crippen molar-refractivity contribution in [2.45, 2.75) is 51.5 Å². The van der Waals surface area contributed by atoms with Crippen LogP contribution in [0, 0.1) is 5.92 Å². The molecule has 0 aromatic heterocycles. The summed E-state index contributed by atoms with van der Waals surface area (Å²) in [6, 6.07) is 0.687. The van der Waals surface area contributed by atoms with Crippen molar-refractivity contribution >= 4 is 5.91 Å². The Bertz CT molecular complexity index is 273. The first-order valence-electron chi connectivity index (χ1n) is 8.01. The minimum atomic E-state index is 0.217. The zero-order valence-electron chi connectivity index (χ0n) is 12.3. The Morgan fingerprint density at radius 1 is 1.26 bits per heavy atom. The molecular weight excluding hydrogens is 238 g/mol. The summed E-state index contributed by atoms with van der Waals surface area (Å²) in [4.78, 5) is 14.4. The van der Waals surface area contributed by atoms with Crippen molar-refractivity contribution in [2.24, 2.45) is 5.92 Å². The van der Waals surface area contributed by atoms with Crippen LogP contribution in [0.15, 0.2) is 0 Å². The Morgan fingerprint density at radius 3 is 2.63 bits per heavy atom. The molecule has 0 atom stereocenters. The molecule has 4 nitrogen and oxygen atoms in total. The first-order valence-corrected chi connectivity index (χ1v) is 8.01. The molecule has 1 amide bonds. The number of nitrogens with one attached hydrogen (secondary N) is 2. The number of hydrogen-bond donors (Lipinski definition) is 2. The third-order valence-electron chi connectivity index (χ3n) is 4.21. The highest BCUT2D eigenvalue weighted by Crippen LogP contribution is 2.28. The zero-order valence-corrected chi connectivity index (χ0v) is 12.3. The SMILES string of the molecule is CCCCNC(=O)CN(CC1CCNCC1)C1CC1. The lowest BCUT2D eigenvalue weighted by molar-refractivity contribution is -0.122. The summed E-state index contributed by atoms with van der Waals surface area (Å²) in [7, 11) is 0. The molecule has 2 aliphatic rings. The average Bonchev–Trinajstić information content (AvgIpc) is 3.24. The van der Waals surface area contributed by atoms with Gasteiger partial charge >= 0.3 is 0 Å². The van der Waals surface area contributed by atoms with Gasteiger partial charge in [0.25, 0.3) is 0 Å². The highest BCUT2D eigenvalue weighted by molar-refractivity contribution is 5.78. The lowest BCUT2D eigenvalue weighted by Crippen LogP contribution is -2.43. The summed E-state index contributed by atoms with van der Waals surface area (Å²) in [5.74, 6) is 1.000. The average molecular weight is 267 g/mol. The molecule has 0 unspecified atom stereocenters. The van der Waals surface area contributed by atoms with E-state index < -0.39 is 0 Å². The van der Waals surface area contributed by atoms with E-state index in [1.807, 2.05) is 0 Å². The van der Waals surface area contributed by atoms with Gasteiger partial charge in [-0.25, -0.2) is 0 Å². The van der Waals surface area contributed by atoms with Crippen LogP contribution < -0.4 is 10.6 Å². The van der Waals surface area contributed by atoms with Crippen LogP contribution >= 0.6 is 0 Å². The quantitative estimate of drug-likeness (QED) is 0.653. The lowest BCUT2D eigenvalue weighted by Gasteiger charge is -2.29. The van der Waals surface area contributed by atoms with E-state index >= 15 is 0 Å². The summed E-state index contributed by atoms with van der Waals surface area (Å²) < 4.78 is 0. The van der Waals surface area contributed by atoms with E-state index in [9.17, 15) is 4.79 Å². The molecule has 1 heterocycles. The number of amides is 1. The second-order valence-electron chi connectivity index (χ2n) is 6.06. The summed E-state index contributed by atoms with van der Waals surface area (Å²) in [6.07, 6.45) is 7.33. The molecule has 2 fully saturated rings. The first kappa shape index (κ1) is 14.8. The molecule has 0 aromatic carbocycles. The van der Waals surface area contributed by atoms with E-state index in [0.29, 0.717) is 12.6 Å². The minimum absolute atomic E-state index is 0.217. The van der Waals surface area contributed by atoms with E-state index in [-0.39, 0.29) is 5.91 Å². The molecule has 0 aromatic rings. The maximum Gasteiger partial charge on any atom is 0.234 e. The second kappa shape index (κ2) is 7.85. The zero-order chi connectivity index (χ0) is 13.5. The number of hydrogen-bond acceptors (Lipinski definition) is 3. The lowest BCUT2D eigenvalue weighted by atomic mass is 9.97. The standard InChI is InChI=1S/C15H29N3O/c1-2-3-8-17-15(19)12-18(14-4-5-14)11-13-6-9-16-10-7-13/h13-14,16H,2-12H2,1H3,(H,17,19). The first-order chi connectivity index (χ1) is 9.29. The van der Waals surface area contributed by atoms with Gasteiger partial charge in [-0.15, -0.1) is 0 Å². The van der Waals surface area contributed by atoms with Gasteiger partial charge in [-0.1, -0.05) is 13.3 Å². The fourth-order valence-corrected chi connectivity index (χ4v) is 2.82. The molecule has 4 heteroatoms. The molecule has 19 heavy (non-hydrogen) atoms. The molecule has 1 saturated heterocycles. The minimum Gasteiger partial charge on any atom is -0.355 e. The van der Waals surface area contributed by atoms with Crippen LogP contribution in [0.3, 0.4) is 0 Å². The van der Waals surface area contributed by atoms with Crippen LogP contribution in [0.2, 0.25) is 0 Å². The van der Waals surface area contributed by atoms with Crippen molar-refractivity contribution in [3.8, 4) is 0 Å². The molecule has 2 N–H and O–H groups in total. The van der Waals surface area contributed by atoms with E-state index in [1.165, 1.54) is 25.7 Å². The van der Waals surface area contributed by atoms with Crippen LogP contribution in [0.4, 0.5) is 0 Å². The number of carbonyl (C=O) groups excluding carboxylic acids is 1. The summed E-state index contributed by atoms with van der Waals surface area (Å²) in [6.45, 7) is 7.00. The molecule has 110 valence electrons. The van der Waals surface area contributed by atoms with Gasteiger partial charge in [0.05, 0.1) is 6.54 Å². The van der Waals surface area contributed by atoms with Gasteiger partial charge in [0.2, 0.25) is 5.91 Å². The van der Waals surface area contributed by atoms with Gasteiger partial charge in [0, 0.05) is 19.1 Å². The Labute approximate surface area is 117 Å². The van der Waals surface area contributed by atoms with E-state index in [0.717, 1.165) is 44.9 Å². The Kier molecular flexibility index (Phi) is 6.11. The van der Waals surface area contributed by atoms with Gasteiger partial charge in [0.1, 0.15) is 0 Å². The van der Waals surface area contributed by atoms with Crippen molar-refractivity contribution in [1.29, 1.82) is 0 Å². The van der Waals surface area contributed by atoms with Crippen LogP contribution in [-0.2, 0) is 4.79 Å². The highest BCUT2D eigenvalue weighted by atomic mass is 16.2. The van der Waals surface area contributed by atoms with E-state index in [1.54, 1.807) is 0 Å². The third-order valence-corrected chi connectivity index (χ3v) is 4.21. The number of unbranched alkanes of at least 4 members (excludes halogenated alkanes) is 1. The predicted molar refractivity (Wildman–Crippen MR) is 78.1 cm³/mol. The molecule has 0 bridgehead atoms. The van der Waals surface area contributed by atoms with Gasteiger partial charge in [0.15, 0.2) is 0 Å². The fourth-order valence-electron chi connectivity index (χ4n) is 2.82.